The minimum Gasteiger partial charge on any atom is -0.465 e. The second-order valence-corrected chi connectivity index (χ2v) is 4.63. The van der Waals surface area contributed by atoms with Gasteiger partial charge in [0, 0.05) is 20.2 Å². The van der Waals surface area contributed by atoms with Crippen LogP contribution in [0.3, 0.4) is 0 Å². The molecule has 0 unspecified atom stereocenters. The molecule has 0 aromatic carbocycles. The van der Waals surface area contributed by atoms with E-state index in [0.717, 1.165) is 0 Å². The molecule has 1 atom stereocenters. The van der Waals surface area contributed by atoms with Gasteiger partial charge in [-0.05, 0) is 19.3 Å². The van der Waals surface area contributed by atoms with E-state index in [4.69, 9.17) is 19.7 Å². The van der Waals surface area contributed by atoms with Crippen LogP contribution < -0.4 is 16.0 Å². The summed E-state index contributed by atoms with van der Waals surface area (Å²) >= 11 is 0. The maximum Gasteiger partial charge on any atom is 0.405 e. The van der Waals surface area contributed by atoms with E-state index in [-0.39, 0.29) is 19.5 Å². The summed E-state index contributed by atoms with van der Waals surface area (Å²) in [5.74, 6) is -0.436. The van der Waals surface area contributed by atoms with Gasteiger partial charge in [-0.2, -0.15) is 0 Å². The van der Waals surface area contributed by atoms with Crippen LogP contribution in [0.2, 0.25) is 0 Å². The summed E-state index contributed by atoms with van der Waals surface area (Å²) in [5, 5.41) is 24.1. The standard InChI is InChI=1S/C13H25N3O7/c1-22-8-9-23-7-6-14-11(17)10(16-13(20)21)4-2-3-5-15-12(18)19/h10,15-16H,2-9H2,1H3,(H,14,17)(H,18,19)(H,20,21)/t10-/m1/s1. The number of amides is 3. The Morgan fingerprint density at radius 2 is 1.70 bits per heavy atom. The Bertz CT molecular complexity index is 365. The van der Waals surface area contributed by atoms with Gasteiger partial charge in [0.15, 0.2) is 0 Å². The lowest BCUT2D eigenvalue weighted by Crippen LogP contribution is -2.47. The summed E-state index contributed by atoms with van der Waals surface area (Å²) < 4.78 is 9.98. The van der Waals surface area contributed by atoms with Crippen molar-refractivity contribution in [3.63, 3.8) is 0 Å². The van der Waals surface area contributed by atoms with Crippen molar-refractivity contribution in [3.8, 4) is 0 Å². The van der Waals surface area contributed by atoms with E-state index >= 15 is 0 Å². The van der Waals surface area contributed by atoms with Gasteiger partial charge >= 0.3 is 12.2 Å². The molecule has 0 fully saturated rings. The zero-order chi connectivity index (χ0) is 17.5. The predicted octanol–water partition coefficient (Wildman–Crippen LogP) is -0.160. The fraction of sp³-hybridized carbons (Fsp3) is 0.769. The smallest absolute Gasteiger partial charge is 0.405 e. The average Bonchev–Trinajstić information content (AvgIpc) is 2.48. The minimum atomic E-state index is -1.29. The number of unbranched alkanes of at least 4 members (excludes halogenated alkanes) is 1. The van der Waals surface area contributed by atoms with E-state index in [2.05, 4.69) is 16.0 Å². The van der Waals surface area contributed by atoms with E-state index in [1.54, 1.807) is 7.11 Å². The maximum absolute atomic E-state index is 11.9. The van der Waals surface area contributed by atoms with Crippen molar-refractivity contribution in [2.24, 2.45) is 0 Å². The van der Waals surface area contributed by atoms with Crippen molar-refractivity contribution in [1.29, 1.82) is 0 Å². The second kappa shape index (κ2) is 13.6. The van der Waals surface area contributed by atoms with Gasteiger partial charge in [0.2, 0.25) is 5.91 Å². The Balaban J connectivity index is 3.98. The molecule has 0 heterocycles. The lowest BCUT2D eigenvalue weighted by molar-refractivity contribution is -0.123. The number of rotatable bonds is 13. The molecule has 0 rings (SSSR count). The highest BCUT2D eigenvalue weighted by molar-refractivity contribution is 5.85. The van der Waals surface area contributed by atoms with Gasteiger partial charge in [0.25, 0.3) is 0 Å². The molecular weight excluding hydrogens is 310 g/mol. The van der Waals surface area contributed by atoms with Crippen LogP contribution in [0.4, 0.5) is 9.59 Å². The Labute approximate surface area is 134 Å². The van der Waals surface area contributed by atoms with Crippen molar-refractivity contribution < 1.29 is 34.1 Å². The third-order valence-electron chi connectivity index (χ3n) is 2.79. The molecule has 0 spiro atoms. The molecule has 0 saturated heterocycles. The normalized spacial score (nSPS) is 11.5. The van der Waals surface area contributed by atoms with Crippen LogP contribution in [-0.4, -0.2) is 74.4 Å². The fourth-order valence-electron chi connectivity index (χ4n) is 1.70. The first-order valence-corrected chi connectivity index (χ1v) is 7.28. The molecule has 0 aliphatic carbocycles. The predicted molar refractivity (Wildman–Crippen MR) is 80.5 cm³/mol. The highest BCUT2D eigenvalue weighted by atomic mass is 16.5. The van der Waals surface area contributed by atoms with Crippen LogP contribution in [0.25, 0.3) is 0 Å². The molecular formula is C13H25N3O7. The fourth-order valence-corrected chi connectivity index (χ4v) is 1.70. The Morgan fingerprint density at radius 1 is 0.957 bits per heavy atom. The van der Waals surface area contributed by atoms with Crippen LogP contribution in [0.1, 0.15) is 19.3 Å². The second-order valence-electron chi connectivity index (χ2n) is 4.63. The summed E-state index contributed by atoms with van der Waals surface area (Å²) in [4.78, 5) is 32.9. The topological polar surface area (TPSA) is 146 Å². The molecule has 0 bridgehead atoms. The molecule has 134 valence electrons. The molecule has 10 heteroatoms. The minimum absolute atomic E-state index is 0.254. The Morgan fingerprint density at radius 3 is 2.30 bits per heavy atom. The lowest BCUT2D eigenvalue weighted by Gasteiger charge is -2.16. The molecule has 0 aromatic rings. The Hall–Kier alpha value is -2.07. The average molecular weight is 335 g/mol. The van der Waals surface area contributed by atoms with Gasteiger partial charge in [-0.3, -0.25) is 4.79 Å². The monoisotopic (exact) mass is 335 g/mol. The van der Waals surface area contributed by atoms with E-state index in [0.29, 0.717) is 32.7 Å². The number of carboxylic acid groups (broad SMARTS) is 2. The number of nitrogens with one attached hydrogen (secondary N) is 3. The van der Waals surface area contributed by atoms with Crippen molar-refractivity contribution in [2.75, 3.05) is 40.0 Å². The van der Waals surface area contributed by atoms with E-state index < -0.39 is 24.1 Å². The molecule has 0 aromatic heterocycles. The van der Waals surface area contributed by atoms with Gasteiger partial charge in [-0.1, -0.05) is 0 Å². The highest BCUT2D eigenvalue weighted by Crippen LogP contribution is 2.01. The van der Waals surface area contributed by atoms with E-state index in [1.165, 1.54) is 0 Å². The largest absolute Gasteiger partial charge is 0.465 e. The summed E-state index contributed by atoms with van der Waals surface area (Å²) in [7, 11) is 1.55. The first-order valence-electron chi connectivity index (χ1n) is 7.28. The summed E-state index contributed by atoms with van der Waals surface area (Å²) in [6.07, 6.45) is -1.11. The van der Waals surface area contributed by atoms with Gasteiger partial charge in [0.1, 0.15) is 6.04 Å². The Kier molecular flexibility index (Phi) is 12.4. The first kappa shape index (κ1) is 20.9. The summed E-state index contributed by atoms with van der Waals surface area (Å²) in [5.41, 5.74) is 0. The molecule has 10 nitrogen and oxygen atoms in total. The van der Waals surface area contributed by atoms with Crippen LogP contribution in [0.15, 0.2) is 0 Å². The SMILES string of the molecule is COCCOCCNC(=O)[C@@H](CCCCNC(=O)O)NC(=O)O. The van der Waals surface area contributed by atoms with Gasteiger partial charge in [-0.15, -0.1) is 0 Å². The van der Waals surface area contributed by atoms with Crippen LogP contribution in [0, 0.1) is 0 Å². The van der Waals surface area contributed by atoms with Gasteiger partial charge in [-0.25, -0.2) is 9.59 Å². The van der Waals surface area contributed by atoms with Crippen molar-refractivity contribution in [1.82, 2.24) is 16.0 Å². The zero-order valence-corrected chi connectivity index (χ0v) is 13.2. The molecule has 0 aliphatic heterocycles. The van der Waals surface area contributed by atoms with Crippen molar-refractivity contribution in [3.05, 3.63) is 0 Å². The number of carbonyl (C=O) groups is 3. The van der Waals surface area contributed by atoms with E-state index in [9.17, 15) is 14.4 Å². The molecule has 0 radical (unpaired) electrons. The van der Waals surface area contributed by atoms with Crippen LogP contribution >= 0.6 is 0 Å². The number of hydrogen-bond donors (Lipinski definition) is 5. The third kappa shape index (κ3) is 13.3. The van der Waals surface area contributed by atoms with Crippen LogP contribution in [-0.2, 0) is 14.3 Å². The van der Waals surface area contributed by atoms with Crippen molar-refractivity contribution in [2.45, 2.75) is 25.3 Å². The maximum atomic E-state index is 11.9. The molecule has 5 N–H and O–H groups in total. The van der Waals surface area contributed by atoms with Crippen molar-refractivity contribution >= 4 is 18.1 Å². The zero-order valence-electron chi connectivity index (χ0n) is 13.2. The molecule has 0 saturated carbocycles. The van der Waals surface area contributed by atoms with Crippen LogP contribution in [0.5, 0.6) is 0 Å². The highest BCUT2D eigenvalue weighted by Gasteiger charge is 2.19. The molecule has 23 heavy (non-hydrogen) atoms. The summed E-state index contributed by atoms with van der Waals surface area (Å²) in [6, 6.07) is -0.878. The number of methoxy groups -OCH3 is 1. The van der Waals surface area contributed by atoms with Gasteiger partial charge < -0.3 is 35.6 Å². The van der Waals surface area contributed by atoms with Gasteiger partial charge in [0.05, 0.1) is 19.8 Å². The number of hydrogen-bond acceptors (Lipinski definition) is 5. The first-order chi connectivity index (χ1) is 11.0. The quantitative estimate of drug-likeness (QED) is 0.294. The molecule has 0 aliphatic rings. The number of carbonyl (C=O) groups excluding carboxylic acids is 1. The third-order valence-corrected chi connectivity index (χ3v) is 2.79. The number of ether oxygens (including phenoxy) is 2. The van der Waals surface area contributed by atoms with E-state index in [1.807, 2.05) is 0 Å². The summed E-state index contributed by atoms with van der Waals surface area (Å²) in [6.45, 7) is 1.70. The lowest BCUT2D eigenvalue weighted by atomic mass is 10.1. The molecule has 3 amide bonds.